The van der Waals surface area contributed by atoms with E-state index in [1.165, 1.54) is 6.20 Å². The second-order valence-corrected chi connectivity index (χ2v) is 2.14. The summed E-state index contributed by atoms with van der Waals surface area (Å²) in [5, 5.41) is 0. The van der Waals surface area contributed by atoms with Crippen LogP contribution in [0.5, 0.6) is 0 Å². The summed E-state index contributed by atoms with van der Waals surface area (Å²) >= 11 is 0. The molecule has 1 amide bonds. The second-order valence-electron chi connectivity index (χ2n) is 2.14. The number of hydrogen-bond acceptors (Lipinski definition) is 2. The summed E-state index contributed by atoms with van der Waals surface area (Å²) in [7, 11) is 0. The van der Waals surface area contributed by atoms with Crippen molar-refractivity contribution in [1.29, 1.82) is 0 Å². The Kier molecular flexibility index (Phi) is 2.78. The van der Waals surface area contributed by atoms with Crippen molar-refractivity contribution in [2.24, 2.45) is 17.4 Å². The van der Waals surface area contributed by atoms with E-state index in [2.05, 4.69) is 0 Å². The lowest BCUT2D eigenvalue weighted by atomic mass is 10.0. The minimum atomic E-state index is -0.437. The van der Waals surface area contributed by atoms with Gasteiger partial charge in [-0.2, -0.15) is 0 Å². The minimum Gasteiger partial charge on any atom is -0.404 e. The summed E-state index contributed by atoms with van der Waals surface area (Å²) < 4.78 is 0. The van der Waals surface area contributed by atoms with Gasteiger partial charge in [0.2, 0.25) is 5.91 Å². The lowest BCUT2D eigenvalue weighted by Gasteiger charge is -2.03. The highest BCUT2D eigenvalue weighted by molar-refractivity contribution is 5.92. The van der Waals surface area contributed by atoms with Gasteiger partial charge in [-0.1, -0.05) is 13.8 Å². The average molecular weight is 128 g/mol. The van der Waals surface area contributed by atoms with E-state index in [4.69, 9.17) is 11.5 Å². The number of carbonyl (C=O) groups excluding carboxylic acids is 1. The van der Waals surface area contributed by atoms with E-state index < -0.39 is 5.91 Å². The van der Waals surface area contributed by atoms with E-state index in [9.17, 15) is 4.79 Å². The van der Waals surface area contributed by atoms with Crippen LogP contribution in [0.4, 0.5) is 0 Å². The highest BCUT2D eigenvalue weighted by Gasteiger charge is 2.07. The molecule has 9 heavy (non-hydrogen) atoms. The Morgan fingerprint density at radius 2 is 2.00 bits per heavy atom. The number of nitrogens with two attached hydrogens (primary N) is 2. The molecule has 0 bridgehead atoms. The Morgan fingerprint density at radius 3 is 2.00 bits per heavy atom. The summed E-state index contributed by atoms with van der Waals surface area (Å²) in [4.78, 5) is 10.4. The molecule has 0 aromatic rings. The zero-order valence-electron chi connectivity index (χ0n) is 5.72. The summed E-state index contributed by atoms with van der Waals surface area (Å²) in [6, 6.07) is 0. The van der Waals surface area contributed by atoms with Gasteiger partial charge in [0.05, 0.1) is 0 Å². The molecule has 3 nitrogen and oxygen atoms in total. The number of carbonyl (C=O) groups is 1. The molecular weight excluding hydrogens is 116 g/mol. The van der Waals surface area contributed by atoms with E-state index in [1.54, 1.807) is 0 Å². The van der Waals surface area contributed by atoms with Gasteiger partial charge in [-0.25, -0.2) is 0 Å². The van der Waals surface area contributed by atoms with Gasteiger partial charge in [-0.3, -0.25) is 4.79 Å². The molecule has 0 saturated heterocycles. The molecular formula is C6H12N2O. The van der Waals surface area contributed by atoms with Crippen LogP contribution in [0.3, 0.4) is 0 Å². The van der Waals surface area contributed by atoms with E-state index in [-0.39, 0.29) is 5.92 Å². The maximum absolute atomic E-state index is 10.4. The van der Waals surface area contributed by atoms with Crippen molar-refractivity contribution >= 4 is 5.91 Å². The molecule has 0 atom stereocenters. The van der Waals surface area contributed by atoms with Gasteiger partial charge in [0.15, 0.2) is 0 Å². The third-order valence-corrected chi connectivity index (χ3v) is 1.09. The Balaban J connectivity index is 4.19. The van der Waals surface area contributed by atoms with Crippen molar-refractivity contribution in [2.45, 2.75) is 13.8 Å². The van der Waals surface area contributed by atoms with Crippen LogP contribution in [0, 0.1) is 5.92 Å². The Labute approximate surface area is 54.7 Å². The normalized spacial score (nSPS) is 12.1. The topological polar surface area (TPSA) is 69.1 Å². The van der Waals surface area contributed by atoms with E-state index in [0.29, 0.717) is 5.57 Å². The molecule has 4 N–H and O–H groups in total. The van der Waals surface area contributed by atoms with Crippen LogP contribution in [-0.2, 0) is 4.79 Å². The van der Waals surface area contributed by atoms with Crippen LogP contribution in [0.2, 0.25) is 0 Å². The highest BCUT2D eigenvalue weighted by Crippen LogP contribution is 2.05. The van der Waals surface area contributed by atoms with Crippen LogP contribution < -0.4 is 11.5 Å². The van der Waals surface area contributed by atoms with Crippen LogP contribution in [0.15, 0.2) is 11.8 Å². The Bertz CT molecular complexity index is 138. The fourth-order valence-corrected chi connectivity index (χ4v) is 0.559. The van der Waals surface area contributed by atoms with Crippen LogP contribution in [0.1, 0.15) is 13.8 Å². The quantitative estimate of drug-likeness (QED) is 0.513. The van der Waals surface area contributed by atoms with E-state index in [0.717, 1.165) is 0 Å². The number of primary amides is 1. The number of hydrogen-bond donors (Lipinski definition) is 2. The first-order chi connectivity index (χ1) is 4.09. The lowest BCUT2D eigenvalue weighted by molar-refractivity contribution is -0.115. The molecule has 0 heterocycles. The summed E-state index contributed by atoms with van der Waals surface area (Å²) in [6.07, 6.45) is 1.26. The fraction of sp³-hybridized carbons (Fsp3) is 0.500. The maximum atomic E-state index is 10.4. The van der Waals surface area contributed by atoms with Gasteiger partial charge in [0, 0.05) is 11.8 Å². The Morgan fingerprint density at radius 1 is 1.56 bits per heavy atom. The second kappa shape index (κ2) is 3.12. The summed E-state index contributed by atoms with van der Waals surface area (Å²) in [6.45, 7) is 3.73. The predicted molar refractivity (Wildman–Crippen MR) is 36.3 cm³/mol. The molecule has 0 saturated carbocycles. The zero-order valence-corrected chi connectivity index (χ0v) is 5.72. The molecule has 0 spiro atoms. The van der Waals surface area contributed by atoms with Crippen molar-refractivity contribution in [3.8, 4) is 0 Å². The van der Waals surface area contributed by atoms with Crippen molar-refractivity contribution in [3.63, 3.8) is 0 Å². The molecule has 3 heteroatoms. The van der Waals surface area contributed by atoms with Gasteiger partial charge < -0.3 is 11.5 Å². The summed E-state index contributed by atoms with van der Waals surface area (Å²) in [5.41, 5.74) is 10.6. The van der Waals surface area contributed by atoms with E-state index in [1.807, 2.05) is 13.8 Å². The van der Waals surface area contributed by atoms with Gasteiger partial charge >= 0.3 is 0 Å². The summed E-state index contributed by atoms with van der Waals surface area (Å²) in [5.74, 6) is -0.319. The molecule has 52 valence electrons. The fourth-order valence-electron chi connectivity index (χ4n) is 0.559. The number of rotatable bonds is 2. The molecule has 0 radical (unpaired) electrons. The van der Waals surface area contributed by atoms with Crippen LogP contribution in [0.25, 0.3) is 0 Å². The van der Waals surface area contributed by atoms with Crippen LogP contribution in [-0.4, -0.2) is 5.91 Å². The smallest absolute Gasteiger partial charge is 0.246 e. The average Bonchev–Trinajstić information content (AvgIpc) is 1.64. The van der Waals surface area contributed by atoms with Crippen molar-refractivity contribution < 1.29 is 4.79 Å². The molecule has 0 rings (SSSR count). The SMILES string of the molecule is CC(C)/C(=C/N)C(N)=O. The van der Waals surface area contributed by atoms with Crippen molar-refractivity contribution in [2.75, 3.05) is 0 Å². The first kappa shape index (κ1) is 8.01. The van der Waals surface area contributed by atoms with Gasteiger partial charge in [0.25, 0.3) is 0 Å². The largest absolute Gasteiger partial charge is 0.404 e. The Hall–Kier alpha value is -0.990. The van der Waals surface area contributed by atoms with Crippen molar-refractivity contribution in [3.05, 3.63) is 11.8 Å². The molecule has 0 aliphatic heterocycles. The monoisotopic (exact) mass is 128 g/mol. The molecule has 0 aliphatic rings. The van der Waals surface area contributed by atoms with Crippen LogP contribution >= 0.6 is 0 Å². The predicted octanol–water partition coefficient (Wildman–Crippen LogP) is -0.0297. The van der Waals surface area contributed by atoms with E-state index >= 15 is 0 Å². The maximum Gasteiger partial charge on any atom is 0.246 e. The molecule has 0 fully saturated rings. The third-order valence-electron chi connectivity index (χ3n) is 1.09. The van der Waals surface area contributed by atoms with Gasteiger partial charge in [0.1, 0.15) is 0 Å². The first-order valence-electron chi connectivity index (χ1n) is 2.81. The highest BCUT2D eigenvalue weighted by atomic mass is 16.1. The number of amides is 1. The lowest BCUT2D eigenvalue weighted by Crippen LogP contribution is -2.18. The third kappa shape index (κ3) is 2.17. The molecule has 0 unspecified atom stereocenters. The molecule has 0 aromatic carbocycles. The zero-order chi connectivity index (χ0) is 7.44. The molecule has 0 aromatic heterocycles. The van der Waals surface area contributed by atoms with Crippen molar-refractivity contribution in [1.82, 2.24) is 0 Å². The van der Waals surface area contributed by atoms with Gasteiger partial charge in [-0.05, 0) is 5.92 Å². The first-order valence-corrected chi connectivity index (χ1v) is 2.81. The minimum absolute atomic E-state index is 0.118. The standard InChI is InChI=1S/C6H12N2O/c1-4(2)5(3-7)6(8)9/h3-4H,7H2,1-2H3,(H2,8,9)/b5-3-. The van der Waals surface area contributed by atoms with Gasteiger partial charge in [-0.15, -0.1) is 0 Å². The molecule has 0 aliphatic carbocycles.